The lowest BCUT2D eigenvalue weighted by Crippen LogP contribution is -2.08. The van der Waals surface area contributed by atoms with Crippen LogP contribution in [0.2, 0.25) is 0 Å². The Labute approximate surface area is 125 Å². The highest BCUT2D eigenvalue weighted by atomic mass is 16.5. The quantitative estimate of drug-likeness (QED) is 0.858. The first-order chi connectivity index (χ1) is 10.1. The number of aliphatic imine (C=N–C) groups is 1. The molecule has 0 heterocycles. The van der Waals surface area contributed by atoms with Gasteiger partial charge < -0.3 is 14.7 Å². The molecule has 4 nitrogen and oxygen atoms in total. The zero-order valence-electron chi connectivity index (χ0n) is 12.6. The molecule has 110 valence electrons. The zero-order chi connectivity index (χ0) is 15.2. The maximum Gasteiger partial charge on any atom is 0.166 e. The van der Waals surface area contributed by atoms with E-state index in [9.17, 15) is 5.11 Å². The van der Waals surface area contributed by atoms with Gasteiger partial charge in [-0.15, -0.1) is 0 Å². The highest BCUT2D eigenvalue weighted by molar-refractivity contribution is 5.84. The van der Waals surface area contributed by atoms with Gasteiger partial charge in [-0.3, -0.25) is 4.99 Å². The molecular weight excluding hydrogens is 264 g/mol. The predicted octanol–water partition coefficient (Wildman–Crippen LogP) is 3.09. The number of phenolic OH excluding ortho intramolecular Hbond substituents is 1. The first-order valence-electron chi connectivity index (χ1n) is 6.74. The molecule has 0 saturated heterocycles. The Morgan fingerprint density at radius 1 is 1.14 bits per heavy atom. The van der Waals surface area contributed by atoms with Gasteiger partial charge in [0, 0.05) is 31.6 Å². The number of hydrogen-bond acceptors (Lipinski definition) is 4. The Bertz CT molecular complexity index is 619. The van der Waals surface area contributed by atoms with Gasteiger partial charge in [0.15, 0.2) is 11.5 Å². The van der Waals surface area contributed by atoms with Gasteiger partial charge in [-0.1, -0.05) is 18.2 Å². The number of phenols is 1. The third-order valence-corrected chi connectivity index (χ3v) is 3.21. The number of hydrogen-bond donors (Lipinski definition) is 1. The molecule has 2 rings (SSSR count). The molecule has 0 spiro atoms. The van der Waals surface area contributed by atoms with Crippen molar-refractivity contribution in [3.8, 4) is 11.5 Å². The highest BCUT2D eigenvalue weighted by Gasteiger charge is 2.04. The van der Waals surface area contributed by atoms with E-state index in [1.165, 1.54) is 7.11 Å². The Morgan fingerprint density at radius 2 is 1.86 bits per heavy atom. The lowest BCUT2D eigenvalue weighted by Gasteiger charge is -2.12. The van der Waals surface area contributed by atoms with Crippen LogP contribution in [0.4, 0.5) is 5.69 Å². The molecule has 0 aliphatic carbocycles. The molecule has 21 heavy (non-hydrogen) atoms. The monoisotopic (exact) mass is 284 g/mol. The average Bonchev–Trinajstić information content (AvgIpc) is 2.49. The molecule has 0 saturated carbocycles. The Morgan fingerprint density at radius 3 is 2.48 bits per heavy atom. The minimum Gasteiger partial charge on any atom is -0.504 e. The summed E-state index contributed by atoms with van der Waals surface area (Å²) in [5, 5.41) is 9.96. The summed E-state index contributed by atoms with van der Waals surface area (Å²) < 4.78 is 5.07. The van der Waals surface area contributed by atoms with Crippen LogP contribution in [0, 0.1) is 0 Å². The van der Waals surface area contributed by atoms with E-state index in [-0.39, 0.29) is 5.75 Å². The van der Waals surface area contributed by atoms with Crippen LogP contribution in [0.25, 0.3) is 0 Å². The summed E-state index contributed by atoms with van der Waals surface area (Å²) >= 11 is 0. The summed E-state index contributed by atoms with van der Waals surface area (Å²) in [6.45, 7) is 0.574. The molecule has 0 amide bonds. The van der Waals surface area contributed by atoms with Crippen LogP contribution >= 0.6 is 0 Å². The fraction of sp³-hybridized carbons (Fsp3) is 0.235. The number of methoxy groups -OCH3 is 1. The van der Waals surface area contributed by atoms with Gasteiger partial charge in [-0.2, -0.15) is 0 Å². The standard InChI is InChI=1S/C17H20N2O2/c1-19(2)15-9-7-13(8-10-15)11-18-12-14-5-4-6-16(21-3)17(14)20/h4-10,12,20H,11H2,1-3H3. The molecule has 2 aromatic rings. The van der Waals surface area contributed by atoms with Crippen LogP contribution in [0.15, 0.2) is 47.5 Å². The zero-order valence-corrected chi connectivity index (χ0v) is 12.6. The van der Waals surface area contributed by atoms with E-state index in [0.29, 0.717) is 17.9 Å². The van der Waals surface area contributed by atoms with Crippen LogP contribution < -0.4 is 9.64 Å². The third kappa shape index (κ3) is 3.75. The van der Waals surface area contributed by atoms with E-state index in [0.717, 1.165) is 11.3 Å². The van der Waals surface area contributed by atoms with Crippen LogP contribution in [-0.2, 0) is 6.54 Å². The number of anilines is 1. The van der Waals surface area contributed by atoms with Crippen LogP contribution in [-0.4, -0.2) is 32.5 Å². The van der Waals surface area contributed by atoms with Gasteiger partial charge in [0.1, 0.15) is 0 Å². The minimum absolute atomic E-state index is 0.117. The number of aromatic hydroxyl groups is 1. The van der Waals surface area contributed by atoms with Crippen LogP contribution in [0.5, 0.6) is 11.5 Å². The molecule has 0 atom stereocenters. The van der Waals surface area contributed by atoms with E-state index < -0.39 is 0 Å². The Kier molecular flexibility index (Phi) is 4.82. The van der Waals surface area contributed by atoms with Gasteiger partial charge >= 0.3 is 0 Å². The molecule has 1 N–H and O–H groups in total. The smallest absolute Gasteiger partial charge is 0.166 e. The van der Waals surface area contributed by atoms with E-state index in [1.54, 1.807) is 18.3 Å². The van der Waals surface area contributed by atoms with E-state index in [1.807, 2.05) is 20.2 Å². The molecule has 0 radical (unpaired) electrons. The average molecular weight is 284 g/mol. The normalized spacial score (nSPS) is 10.8. The van der Waals surface area contributed by atoms with Crippen molar-refractivity contribution in [3.63, 3.8) is 0 Å². The van der Waals surface area contributed by atoms with Crippen molar-refractivity contribution in [2.45, 2.75) is 6.54 Å². The lowest BCUT2D eigenvalue weighted by molar-refractivity contribution is 0.373. The summed E-state index contributed by atoms with van der Waals surface area (Å²) in [5.74, 6) is 0.570. The predicted molar refractivity (Wildman–Crippen MR) is 86.7 cm³/mol. The van der Waals surface area contributed by atoms with Gasteiger partial charge in [0.05, 0.1) is 13.7 Å². The minimum atomic E-state index is 0.117. The van der Waals surface area contributed by atoms with Crippen molar-refractivity contribution in [1.29, 1.82) is 0 Å². The van der Waals surface area contributed by atoms with Crippen molar-refractivity contribution in [3.05, 3.63) is 53.6 Å². The topological polar surface area (TPSA) is 45.1 Å². The molecule has 0 aromatic heterocycles. The Balaban J connectivity index is 2.05. The van der Waals surface area contributed by atoms with Gasteiger partial charge in [-0.25, -0.2) is 0 Å². The summed E-state index contributed by atoms with van der Waals surface area (Å²) in [4.78, 5) is 6.43. The molecule has 0 unspecified atom stereocenters. The van der Waals surface area contributed by atoms with E-state index >= 15 is 0 Å². The number of para-hydroxylation sites is 1. The second-order valence-electron chi connectivity index (χ2n) is 4.93. The fourth-order valence-electron chi connectivity index (χ4n) is 1.96. The first-order valence-corrected chi connectivity index (χ1v) is 6.74. The van der Waals surface area contributed by atoms with Crippen LogP contribution in [0.3, 0.4) is 0 Å². The number of nitrogens with zero attached hydrogens (tertiary/aromatic N) is 2. The maximum absolute atomic E-state index is 9.96. The third-order valence-electron chi connectivity index (χ3n) is 3.21. The summed E-state index contributed by atoms with van der Waals surface area (Å²) in [7, 11) is 5.56. The largest absolute Gasteiger partial charge is 0.504 e. The lowest BCUT2D eigenvalue weighted by atomic mass is 10.2. The van der Waals surface area contributed by atoms with Gasteiger partial charge in [0.25, 0.3) is 0 Å². The van der Waals surface area contributed by atoms with Crippen molar-refractivity contribution in [2.75, 3.05) is 26.1 Å². The van der Waals surface area contributed by atoms with E-state index in [4.69, 9.17) is 4.74 Å². The summed E-state index contributed by atoms with van der Waals surface area (Å²) in [6, 6.07) is 13.6. The van der Waals surface area contributed by atoms with Gasteiger partial charge in [0.2, 0.25) is 0 Å². The molecule has 0 bridgehead atoms. The second-order valence-corrected chi connectivity index (χ2v) is 4.93. The van der Waals surface area contributed by atoms with Crippen molar-refractivity contribution in [2.24, 2.45) is 4.99 Å². The molecule has 4 heteroatoms. The molecular formula is C17H20N2O2. The molecule has 0 aliphatic rings. The second kappa shape index (κ2) is 6.79. The molecule has 2 aromatic carbocycles. The first kappa shape index (κ1) is 14.9. The molecule has 0 fully saturated rings. The van der Waals surface area contributed by atoms with Crippen molar-refractivity contribution >= 4 is 11.9 Å². The SMILES string of the molecule is COc1cccc(C=NCc2ccc(N(C)C)cc2)c1O. The van der Waals surface area contributed by atoms with Crippen molar-refractivity contribution in [1.82, 2.24) is 0 Å². The summed E-state index contributed by atoms with van der Waals surface area (Å²) in [5.41, 5.74) is 2.94. The van der Waals surface area contributed by atoms with Gasteiger partial charge in [-0.05, 0) is 29.8 Å². The number of ether oxygens (including phenoxy) is 1. The van der Waals surface area contributed by atoms with Crippen molar-refractivity contribution < 1.29 is 9.84 Å². The number of benzene rings is 2. The number of rotatable bonds is 5. The van der Waals surface area contributed by atoms with E-state index in [2.05, 4.69) is 34.2 Å². The summed E-state index contributed by atoms with van der Waals surface area (Å²) in [6.07, 6.45) is 1.66. The Hall–Kier alpha value is -2.49. The fourth-order valence-corrected chi connectivity index (χ4v) is 1.96. The highest BCUT2D eigenvalue weighted by Crippen LogP contribution is 2.28. The maximum atomic E-state index is 9.96. The van der Waals surface area contributed by atoms with Crippen LogP contribution in [0.1, 0.15) is 11.1 Å². The molecule has 0 aliphatic heterocycles.